The second-order valence-electron chi connectivity index (χ2n) is 12.9. The standard InChI is InChI=1S/C25H46O2Si2/c1-17(2)25(6,7)29(11,12)27-23-18(3)22(21(26)13-14-28(8,9)10)19-15-24(4,5)16-20(19)23/h13-14,17-18,20,23H,15-16H2,1-12H3/b14-13+/t18?,20-,23-/m1/s1. The number of hydrogen-bond acceptors (Lipinski definition) is 2. The molecule has 2 aliphatic rings. The van der Waals surface area contributed by atoms with E-state index >= 15 is 0 Å². The highest BCUT2D eigenvalue weighted by Gasteiger charge is 2.53. The number of allylic oxidation sites excluding steroid dienone is 1. The van der Waals surface area contributed by atoms with Gasteiger partial charge in [-0.05, 0) is 48.4 Å². The smallest absolute Gasteiger partial charge is 0.193 e. The van der Waals surface area contributed by atoms with E-state index in [1.165, 1.54) is 5.57 Å². The van der Waals surface area contributed by atoms with Gasteiger partial charge in [0.15, 0.2) is 14.1 Å². The van der Waals surface area contributed by atoms with Crippen molar-refractivity contribution in [2.75, 3.05) is 0 Å². The Bertz CT molecular complexity index is 705. The molecule has 1 saturated carbocycles. The maximum absolute atomic E-state index is 13.3. The van der Waals surface area contributed by atoms with E-state index in [-0.39, 0.29) is 28.3 Å². The minimum absolute atomic E-state index is 0.158. The zero-order valence-electron chi connectivity index (χ0n) is 21.2. The van der Waals surface area contributed by atoms with Crippen molar-refractivity contribution in [1.29, 1.82) is 0 Å². The molecule has 0 spiro atoms. The first-order valence-electron chi connectivity index (χ1n) is 11.5. The molecule has 0 aromatic rings. The Kier molecular flexibility index (Phi) is 6.76. The largest absolute Gasteiger partial charge is 0.413 e. The lowest BCUT2D eigenvalue weighted by Gasteiger charge is -2.45. The molecule has 166 valence electrons. The third-order valence-electron chi connectivity index (χ3n) is 8.01. The first-order valence-corrected chi connectivity index (χ1v) is 18.0. The summed E-state index contributed by atoms with van der Waals surface area (Å²) in [5, 5.41) is 0.186. The molecule has 0 amide bonds. The topological polar surface area (TPSA) is 26.3 Å². The Hall–Kier alpha value is -0.456. The molecule has 3 atom stereocenters. The molecule has 1 fully saturated rings. The SMILES string of the molecule is CC1C(C(=O)/C=C/[Si](C)(C)C)=C2CC(C)(C)C[C@H]2[C@@H]1O[Si](C)(C)C(C)(C)C(C)C. The molecule has 4 heteroatoms. The summed E-state index contributed by atoms with van der Waals surface area (Å²) in [7, 11) is -3.36. The van der Waals surface area contributed by atoms with Crippen LogP contribution in [0.1, 0.15) is 61.3 Å². The van der Waals surface area contributed by atoms with E-state index in [4.69, 9.17) is 4.43 Å². The van der Waals surface area contributed by atoms with Crippen LogP contribution in [0.15, 0.2) is 22.9 Å². The van der Waals surface area contributed by atoms with E-state index in [2.05, 4.69) is 86.9 Å². The van der Waals surface area contributed by atoms with Gasteiger partial charge in [-0.3, -0.25) is 4.79 Å². The summed E-state index contributed by atoms with van der Waals surface area (Å²) in [5.41, 5.74) is 4.94. The Labute approximate surface area is 182 Å². The molecule has 0 heterocycles. The van der Waals surface area contributed by atoms with Gasteiger partial charge in [0.1, 0.15) is 0 Å². The van der Waals surface area contributed by atoms with Gasteiger partial charge in [0.25, 0.3) is 0 Å². The molecule has 2 aliphatic carbocycles. The van der Waals surface area contributed by atoms with Crippen LogP contribution in [0.2, 0.25) is 37.8 Å². The summed E-state index contributed by atoms with van der Waals surface area (Å²) < 4.78 is 7.10. The summed E-state index contributed by atoms with van der Waals surface area (Å²) in [4.78, 5) is 13.3. The fourth-order valence-corrected chi connectivity index (χ4v) is 8.42. The summed E-state index contributed by atoms with van der Waals surface area (Å²) in [6.45, 7) is 27.9. The molecule has 0 radical (unpaired) electrons. The molecule has 0 aromatic heterocycles. The fourth-order valence-electron chi connectivity index (χ4n) is 5.02. The van der Waals surface area contributed by atoms with Crippen molar-refractivity contribution in [2.24, 2.45) is 23.2 Å². The molecule has 0 aliphatic heterocycles. The van der Waals surface area contributed by atoms with Crippen LogP contribution < -0.4 is 0 Å². The molecule has 0 bridgehead atoms. The van der Waals surface area contributed by atoms with Crippen LogP contribution in [0.3, 0.4) is 0 Å². The highest BCUT2D eigenvalue weighted by atomic mass is 28.4. The normalized spacial score (nSPS) is 28.0. The fraction of sp³-hybridized carbons (Fsp3) is 0.800. The molecule has 29 heavy (non-hydrogen) atoms. The van der Waals surface area contributed by atoms with Crippen molar-refractivity contribution in [3.63, 3.8) is 0 Å². The second kappa shape index (κ2) is 7.91. The first kappa shape index (κ1) is 24.8. The van der Waals surface area contributed by atoms with Crippen LogP contribution in [0.5, 0.6) is 0 Å². The highest BCUT2D eigenvalue weighted by molar-refractivity contribution is 6.81. The molecule has 0 N–H and O–H groups in total. The molecule has 0 aromatic carbocycles. The first-order chi connectivity index (χ1) is 12.9. The summed E-state index contributed by atoms with van der Waals surface area (Å²) in [5.74, 6) is 1.43. The van der Waals surface area contributed by atoms with E-state index in [1.807, 2.05) is 6.08 Å². The van der Waals surface area contributed by atoms with Gasteiger partial charge in [-0.2, -0.15) is 0 Å². The number of carbonyl (C=O) groups excluding carboxylic acids is 1. The summed E-state index contributed by atoms with van der Waals surface area (Å²) >= 11 is 0. The summed E-state index contributed by atoms with van der Waals surface area (Å²) in [6, 6.07) is 0. The van der Waals surface area contributed by atoms with Gasteiger partial charge >= 0.3 is 0 Å². The maximum atomic E-state index is 13.3. The summed E-state index contributed by atoms with van der Waals surface area (Å²) in [6.07, 6.45) is 4.22. The van der Waals surface area contributed by atoms with Gasteiger partial charge < -0.3 is 4.43 Å². The number of carbonyl (C=O) groups is 1. The Morgan fingerprint density at radius 1 is 1.17 bits per heavy atom. The van der Waals surface area contributed by atoms with Crippen LogP contribution in [0, 0.1) is 23.2 Å². The minimum Gasteiger partial charge on any atom is -0.413 e. The zero-order valence-corrected chi connectivity index (χ0v) is 23.2. The number of fused-ring (bicyclic) bond motifs is 1. The Morgan fingerprint density at radius 2 is 1.72 bits per heavy atom. The third-order valence-corrected chi connectivity index (χ3v) is 13.7. The molecular weight excluding hydrogens is 388 g/mol. The van der Waals surface area contributed by atoms with Crippen molar-refractivity contribution in [2.45, 2.75) is 105 Å². The van der Waals surface area contributed by atoms with Gasteiger partial charge in [0, 0.05) is 17.4 Å². The highest BCUT2D eigenvalue weighted by Crippen LogP contribution is 2.57. The van der Waals surface area contributed by atoms with Crippen LogP contribution >= 0.6 is 0 Å². The van der Waals surface area contributed by atoms with Gasteiger partial charge in [-0.25, -0.2) is 0 Å². The lowest BCUT2D eigenvalue weighted by Crippen LogP contribution is -2.49. The van der Waals surface area contributed by atoms with Crippen LogP contribution in [0.4, 0.5) is 0 Å². The predicted molar refractivity (Wildman–Crippen MR) is 131 cm³/mol. The minimum atomic E-state index is -1.97. The van der Waals surface area contributed by atoms with E-state index in [9.17, 15) is 4.79 Å². The van der Waals surface area contributed by atoms with Gasteiger partial charge in [0.05, 0.1) is 14.2 Å². The van der Waals surface area contributed by atoms with E-state index in [0.29, 0.717) is 11.8 Å². The van der Waals surface area contributed by atoms with E-state index < -0.39 is 16.4 Å². The molecule has 0 saturated heterocycles. The Morgan fingerprint density at radius 3 is 2.21 bits per heavy atom. The van der Waals surface area contributed by atoms with E-state index in [1.54, 1.807) is 0 Å². The molecular formula is C25H46O2Si2. The molecule has 2 rings (SSSR count). The van der Waals surface area contributed by atoms with E-state index in [0.717, 1.165) is 18.4 Å². The zero-order chi connectivity index (χ0) is 22.6. The lowest BCUT2D eigenvalue weighted by molar-refractivity contribution is -0.112. The Balaban J connectivity index is 2.40. The van der Waals surface area contributed by atoms with Gasteiger partial charge in [0.2, 0.25) is 0 Å². The van der Waals surface area contributed by atoms with Crippen molar-refractivity contribution in [3.8, 4) is 0 Å². The number of hydrogen-bond donors (Lipinski definition) is 0. The molecule has 1 unspecified atom stereocenters. The van der Waals surface area contributed by atoms with Crippen molar-refractivity contribution >= 4 is 22.2 Å². The van der Waals surface area contributed by atoms with Crippen molar-refractivity contribution in [3.05, 3.63) is 22.9 Å². The van der Waals surface area contributed by atoms with Gasteiger partial charge in [-0.15, -0.1) is 0 Å². The average molecular weight is 435 g/mol. The number of ketones is 1. The number of rotatable bonds is 7. The quantitative estimate of drug-likeness (QED) is 0.308. The second-order valence-corrected chi connectivity index (χ2v) is 22.5. The lowest BCUT2D eigenvalue weighted by atomic mass is 9.85. The van der Waals surface area contributed by atoms with Crippen LogP contribution in [0.25, 0.3) is 0 Å². The van der Waals surface area contributed by atoms with Crippen molar-refractivity contribution in [1.82, 2.24) is 0 Å². The predicted octanol–water partition coefficient (Wildman–Crippen LogP) is 7.40. The van der Waals surface area contributed by atoms with Crippen LogP contribution in [-0.4, -0.2) is 28.3 Å². The monoisotopic (exact) mass is 434 g/mol. The molecule has 2 nitrogen and oxygen atoms in total. The van der Waals surface area contributed by atoms with Crippen molar-refractivity contribution < 1.29 is 9.22 Å². The third kappa shape index (κ3) is 5.07. The average Bonchev–Trinajstić information content (AvgIpc) is 2.95. The maximum Gasteiger partial charge on any atom is 0.193 e. The van der Waals surface area contributed by atoms with Crippen LogP contribution in [-0.2, 0) is 9.22 Å². The van der Waals surface area contributed by atoms with Gasteiger partial charge in [-0.1, -0.05) is 79.4 Å².